The summed E-state index contributed by atoms with van der Waals surface area (Å²) in [6.45, 7) is 2.26. The van der Waals surface area contributed by atoms with Crippen LogP contribution >= 0.6 is 0 Å². The van der Waals surface area contributed by atoms with Gasteiger partial charge in [0.2, 0.25) is 5.91 Å². The van der Waals surface area contributed by atoms with E-state index in [1.807, 2.05) is 47.5 Å². The van der Waals surface area contributed by atoms with Gasteiger partial charge in [0, 0.05) is 19.0 Å². The number of carbonyl (C=O) groups excluding carboxylic acids is 1. The Hall–Kier alpha value is -3.73. The zero-order valence-electron chi connectivity index (χ0n) is 17.0. The summed E-state index contributed by atoms with van der Waals surface area (Å²) in [4.78, 5) is 14.6. The van der Waals surface area contributed by atoms with Crippen molar-refractivity contribution in [1.29, 1.82) is 5.26 Å². The molecule has 0 spiro atoms. The van der Waals surface area contributed by atoms with E-state index in [-0.39, 0.29) is 11.8 Å². The van der Waals surface area contributed by atoms with E-state index in [4.69, 9.17) is 0 Å². The van der Waals surface area contributed by atoms with Crippen molar-refractivity contribution in [3.63, 3.8) is 0 Å². The first-order valence-electron chi connectivity index (χ1n) is 10.3. The Morgan fingerprint density at radius 1 is 1.19 bits per heavy atom. The van der Waals surface area contributed by atoms with Crippen LogP contribution in [-0.4, -0.2) is 34.0 Å². The smallest absolute Gasteiger partial charge is 0.223 e. The molecular weight excluding hydrogens is 395 g/mol. The fourth-order valence-corrected chi connectivity index (χ4v) is 3.85. The Labute approximate surface area is 180 Å². The molecule has 0 atom stereocenters. The quantitative estimate of drug-likeness (QED) is 0.665. The largest absolute Gasteiger partial charge is 0.370 e. The number of aromatic nitrogens is 3. The van der Waals surface area contributed by atoms with Gasteiger partial charge in [-0.1, -0.05) is 35.5 Å². The van der Waals surface area contributed by atoms with Gasteiger partial charge >= 0.3 is 0 Å². The summed E-state index contributed by atoms with van der Waals surface area (Å²) in [5.74, 6) is -0.520. The molecule has 158 valence electrons. The molecule has 8 heteroatoms. The molecule has 0 radical (unpaired) electrons. The first kappa shape index (κ1) is 20.5. The number of nitrogens with zero attached hydrogens (tertiary/aromatic N) is 5. The van der Waals surface area contributed by atoms with Crippen LogP contribution in [0.4, 0.5) is 10.1 Å². The van der Waals surface area contributed by atoms with E-state index in [0.29, 0.717) is 50.3 Å². The lowest BCUT2D eigenvalue weighted by molar-refractivity contribution is -0.125. The van der Waals surface area contributed by atoms with Crippen molar-refractivity contribution in [2.75, 3.05) is 18.0 Å². The highest BCUT2D eigenvalue weighted by molar-refractivity contribution is 5.79. The van der Waals surface area contributed by atoms with E-state index in [1.165, 1.54) is 12.1 Å². The normalized spacial score (nSPS) is 14.3. The molecule has 1 aliphatic rings. The van der Waals surface area contributed by atoms with Gasteiger partial charge in [0.25, 0.3) is 0 Å². The monoisotopic (exact) mass is 418 g/mol. The number of anilines is 1. The van der Waals surface area contributed by atoms with E-state index in [9.17, 15) is 14.4 Å². The van der Waals surface area contributed by atoms with Gasteiger partial charge in [-0.3, -0.25) is 4.79 Å². The van der Waals surface area contributed by atoms with Crippen molar-refractivity contribution in [3.8, 4) is 6.07 Å². The predicted molar refractivity (Wildman–Crippen MR) is 113 cm³/mol. The second-order valence-corrected chi connectivity index (χ2v) is 7.65. The minimum Gasteiger partial charge on any atom is -0.370 e. The maximum absolute atomic E-state index is 13.4. The first-order chi connectivity index (χ1) is 15.1. The van der Waals surface area contributed by atoms with Gasteiger partial charge in [0.1, 0.15) is 17.6 Å². The van der Waals surface area contributed by atoms with Crippen molar-refractivity contribution in [2.24, 2.45) is 5.92 Å². The fraction of sp³-hybridized carbons (Fsp3) is 0.304. The number of hydrogen-bond donors (Lipinski definition) is 1. The van der Waals surface area contributed by atoms with E-state index in [1.54, 1.807) is 10.7 Å². The Kier molecular flexibility index (Phi) is 6.22. The number of nitrogens with one attached hydrogen (secondary N) is 1. The first-order valence-corrected chi connectivity index (χ1v) is 10.3. The van der Waals surface area contributed by atoms with Crippen molar-refractivity contribution in [3.05, 3.63) is 77.4 Å². The summed E-state index contributed by atoms with van der Waals surface area (Å²) >= 11 is 0. The number of nitriles is 1. The number of piperidine rings is 1. The Balaban J connectivity index is 1.27. The average molecular weight is 418 g/mol. The van der Waals surface area contributed by atoms with Gasteiger partial charge in [0.05, 0.1) is 30.5 Å². The van der Waals surface area contributed by atoms with Crippen molar-refractivity contribution in [1.82, 2.24) is 20.3 Å². The van der Waals surface area contributed by atoms with Crippen LogP contribution in [0, 0.1) is 23.1 Å². The number of hydrogen-bond acceptors (Lipinski definition) is 5. The van der Waals surface area contributed by atoms with Crippen LogP contribution in [0.2, 0.25) is 0 Å². The third-order valence-corrected chi connectivity index (χ3v) is 5.50. The zero-order valence-corrected chi connectivity index (χ0v) is 17.0. The van der Waals surface area contributed by atoms with Crippen LogP contribution in [0.5, 0.6) is 0 Å². The summed E-state index contributed by atoms with van der Waals surface area (Å²) in [6.07, 6.45) is 3.19. The lowest BCUT2D eigenvalue weighted by atomic mass is 9.95. The maximum atomic E-state index is 13.4. The minimum atomic E-state index is -0.421. The van der Waals surface area contributed by atoms with Crippen molar-refractivity contribution >= 4 is 11.6 Å². The van der Waals surface area contributed by atoms with Crippen LogP contribution in [0.1, 0.15) is 29.7 Å². The molecule has 2 heterocycles. The van der Waals surface area contributed by atoms with Crippen LogP contribution in [0.15, 0.2) is 54.7 Å². The fourth-order valence-electron chi connectivity index (χ4n) is 3.85. The third kappa shape index (κ3) is 5.07. The SMILES string of the molecule is N#Cc1cc(F)ccc1N1CCC(C(=O)NCc2cn(Cc3ccccc3)nn2)CC1. The topological polar surface area (TPSA) is 86.8 Å². The molecule has 1 saturated heterocycles. The molecule has 0 bridgehead atoms. The van der Waals surface area contributed by atoms with E-state index in [0.717, 1.165) is 11.3 Å². The standard InChI is InChI=1S/C23H23FN6O/c24-20-6-7-22(19(12-20)13-25)29-10-8-18(9-11-29)23(31)26-14-21-16-30(28-27-21)15-17-4-2-1-3-5-17/h1-7,12,16,18H,8-11,14-15H2,(H,26,31). The molecule has 1 N–H and O–H groups in total. The molecular formula is C23H23FN6O. The van der Waals surface area contributed by atoms with E-state index >= 15 is 0 Å². The summed E-state index contributed by atoms with van der Waals surface area (Å²) in [5, 5.41) is 20.5. The van der Waals surface area contributed by atoms with Gasteiger partial charge < -0.3 is 10.2 Å². The third-order valence-electron chi connectivity index (χ3n) is 5.50. The maximum Gasteiger partial charge on any atom is 0.223 e. The number of halogens is 1. The van der Waals surface area contributed by atoms with Gasteiger partial charge in [-0.25, -0.2) is 9.07 Å². The van der Waals surface area contributed by atoms with Gasteiger partial charge in [-0.05, 0) is 36.6 Å². The summed E-state index contributed by atoms with van der Waals surface area (Å²) in [6, 6.07) is 16.3. The number of carbonyl (C=O) groups is 1. The molecule has 7 nitrogen and oxygen atoms in total. The van der Waals surface area contributed by atoms with Crippen molar-refractivity contribution < 1.29 is 9.18 Å². The highest BCUT2D eigenvalue weighted by Gasteiger charge is 2.26. The molecule has 4 rings (SSSR count). The van der Waals surface area contributed by atoms with Crippen LogP contribution in [-0.2, 0) is 17.9 Å². The van der Waals surface area contributed by atoms with Gasteiger partial charge in [-0.15, -0.1) is 5.10 Å². The zero-order chi connectivity index (χ0) is 21.6. The molecule has 2 aromatic carbocycles. The molecule has 1 amide bonds. The summed E-state index contributed by atoms with van der Waals surface area (Å²) in [5.41, 5.74) is 2.89. The lowest BCUT2D eigenvalue weighted by Gasteiger charge is -2.33. The molecule has 0 aliphatic carbocycles. The number of benzene rings is 2. The van der Waals surface area contributed by atoms with Crippen LogP contribution < -0.4 is 10.2 Å². The van der Waals surface area contributed by atoms with Crippen molar-refractivity contribution in [2.45, 2.75) is 25.9 Å². The van der Waals surface area contributed by atoms with E-state index in [2.05, 4.69) is 15.6 Å². The minimum absolute atomic E-state index is 0.00290. The van der Waals surface area contributed by atoms with E-state index < -0.39 is 5.82 Å². The van der Waals surface area contributed by atoms with Crippen LogP contribution in [0.3, 0.4) is 0 Å². The Morgan fingerprint density at radius 3 is 2.71 bits per heavy atom. The summed E-state index contributed by atoms with van der Waals surface area (Å²) in [7, 11) is 0. The molecule has 3 aromatic rings. The second kappa shape index (κ2) is 9.39. The van der Waals surface area contributed by atoms with Gasteiger partial charge in [-0.2, -0.15) is 5.26 Å². The predicted octanol–water partition coefficient (Wildman–Crippen LogP) is 2.87. The molecule has 1 aliphatic heterocycles. The molecule has 1 fully saturated rings. The van der Waals surface area contributed by atoms with Gasteiger partial charge in [0.15, 0.2) is 0 Å². The second-order valence-electron chi connectivity index (χ2n) is 7.65. The molecule has 31 heavy (non-hydrogen) atoms. The average Bonchev–Trinajstić information content (AvgIpc) is 3.25. The molecule has 1 aromatic heterocycles. The molecule has 0 unspecified atom stereocenters. The molecule has 0 saturated carbocycles. The Bertz CT molecular complexity index is 1080. The number of amides is 1. The summed E-state index contributed by atoms with van der Waals surface area (Å²) < 4.78 is 15.1. The van der Waals surface area contributed by atoms with Crippen LogP contribution in [0.25, 0.3) is 0 Å². The lowest BCUT2D eigenvalue weighted by Crippen LogP contribution is -2.40. The Morgan fingerprint density at radius 2 is 1.97 bits per heavy atom. The number of rotatable bonds is 6. The highest BCUT2D eigenvalue weighted by Crippen LogP contribution is 2.27. The highest BCUT2D eigenvalue weighted by atomic mass is 19.1.